The molecule has 0 bridgehead atoms. The van der Waals surface area contributed by atoms with Gasteiger partial charge in [0.05, 0.1) is 5.52 Å². The van der Waals surface area contributed by atoms with Crippen molar-refractivity contribution in [3.05, 3.63) is 65.7 Å². The number of pyridine rings is 1. The molecule has 0 unspecified atom stereocenters. The Kier molecular flexibility index (Phi) is 6.29. The van der Waals surface area contributed by atoms with Crippen LogP contribution in [0.5, 0.6) is 0 Å². The Hall–Kier alpha value is -3.19. The average molecular weight is 393 g/mol. The van der Waals surface area contributed by atoms with Crippen LogP contribution in [0.15, 0.2) is 48.7 Å². The Morgan fingerprint density at radius 2 is 1.79 bits per heavy atom. The molecule has 152 valence electrons. The van der Waals surface area contributed by atoms with Crippen molar-refractivity contribution in [2.24, 2.45) is 0 Å². The van der Waals surface area contributed by atoms with E-state index in [9.17, 15) is 9.59 Å². The van der Waals surface area contributed by atoms with Gasteiger partial charge >= 0.3 is 0 Å². The second kappa shape index (κ2) is 8.87. The van der Waals surface area contributed by atoms with E-state index < -0.39 is 0 Å². The molecule has 2 aromatic heterocycles. The summed E-state index contributed by atoms with van der Waals surface area (Å²) >= 11 is 0. The molecule has 0 radical (unpaired) electrons. The third-order valence-corrected chi connectivity index (χ3v) is 4.64. The summed E-state index contributed by atoms with van der Waals surface area (Å²) in [6.07, 6.45) is 1.74. The molecule has 3 aromatic rings. The Morgan fingerprint density at radius 1 is 1.07 bits per heavy atom. The lowest BCUT2D eigenvalue weighted by atomic mass is 10.0. The van der Waals surface area contributed by atoms with Gasteiger partial charge in [-0.05, 0) is 43.8 Å². The number of likely N-dealkylation sites (N-methyl/N-ethyl adjacent to an activating group) is 1. The maximum Gasteiger partial charge on any atom is 0.292 e. The topological polar surface area (TPSA) is 78.7 Å². The molecular formula is C22H27N5O2. The minimum atomic E-state index is -0.355. The number of carbonyl (C=O) groups is 2. The molecule has 1 aromatic carbocycles. The van der Waals surface area contributed by atoms with E-state index in [1.54, 1.807) is 22.7 Å². The van der Waals surface area contributed by atoms with Crippen molar-refractivity contribution in [2.45, 2.75) is 19.8 Å². The van der Waals surface area contributed by atoms with Gasteiger partial charge in [0.25, 0.3) is 11.8 Å². The van der Waals surface area contributed by atoms with Crippen molar-refractivity contribution in [3.63, 3.8) is 0 Å². The number of hydrogen-bond acceptors (Lipinski definition) is 4. The normalized spacial score (nSPS) is 11.2. The van der Waals surface area contributed by atoms with Gasteiger partial charge in [0.1, 0.15) is 0 Å². The van der Waals surface area contributed by atoms with Crippen molar-refractivity contribution in [1.82, 2.24) is 19.6 Å². The molecule has 0 spiro atoms. The van der Waals surface area contributed by atoms with Gasteiger partial charge in [-0.15, -0.1) is 0 Å². The van der Waals surface area contributed by atoms with Crippen LogP contribution in [0.3, 0.4) is 0 Å². The van der Waals surface area contributed by atoms with Crippen LogP contribution < -0.4 is 10.6 Å². The number of carbonyl (C=O) groups excluding carboxylic acids is 2. The van der Waals surface area contributed by atoms with Gasteiger partial charge in [-0.2, -0.15) is 0 Å². The molecule has 0 saturated carbocycles. The summed E-state index contributed by atoms with van der Waals surface area (Å²) in [4.78, 5) is 32.0. The molecule has 0 aliphatic rings. The monoisotopic (exact) mass is 393 g/mol. The predicted octanol–water partition coefficient (Wildman–Crippen LogP) is 3.00. The molecule has 0 atom stereocenters. The zero-order chi connectivity index (χ0) is 21.0. The minimum absolute atomic E-state index is 0.178. The molecule has 3 rings (SSSR count). The number of benzene rings is 1. The Labute approximate surface area is 170 Å². The maximum absolute atomic E-state index is 13.0. The van der Waals surface area contributed by atoms with E-state index in [2.05, 4.69) is 29.5 Å². The van der Waals surface area contributed by atoms with Crippen LogP contribution in [0, 0.1) is 0 Å². The summed E-state index contributed by atoms with van der Waals surface area (Å²) in [6.45, 7) is 5.37. The first kappa shape index (κ1) is 20.5. The van der Waals surface area contributed by atoms with Gasteiger partial charge in [0.15, 0.2) is 5.69 Å². The summed E-state index contributed by atoms with van der Waals surface area (Å²) in [7, 11) is 3.88. The molecule has 7 nitrogen and oxygen atoms in total. The largest absolute Gasteiger partial charge is 0.349 e. The fourth-order valence-electron chi connectivity index (χ4n) is 3.13. The van der Waals surface area contributed by atoms with Crippen LogP contribution in [-0.4, -0.2) is 53.3 Å². The molecule has 2 amide bonds. The lowest BCUT2D eigenvalue weighted by molar-refractivity contribution is 0.0948. The number of aromatic nitrogens is 2. The van der Waals surface area contributed by atoms with Crippen LogP contribution >= 0.6 is 0 Å². The number of nitrogens with one attached hydrogen (secondary N) is 2. The first-order valence-electron chi connectivity index (χ1n) is 9.68. The highest BCUT2D eigenvalue weighted by atomic mass is 16.2. The standard InChI is InChI=1S/C22H27N5O2/c1-15(2)16-9-5-6-10-17(16)24-22(29)20-25-19(18-11-7-8-13-27(18)20)21(28)23-12-14-26(3)4/h5-11,13,15H,12,14H2,1-4H3,(H,23,28)(H,24,29). The number of para-hydroxylation sites is 1. The van der Waals surface area contributed by atoms with Crippen molar-refractivity contribution in [3.8, 4) is 0 Å². The quantitative estimate of drug-likeness (QED) is 0.647. The van der Waals surface area contributed by atoms with E-state index in [1.165, 1.54) is 0 Å². The predicted molar refractivity (Wildman–Crippen MR) is 115 cm³/mol. The summed E-state index contributed by atoms with van der Waals surface area (Å²) < 4.78 is 1.65. The first-order chi connectivity index (χ1) is 13.9. The number of rotatable bonds is 7. The SMILES string of the molecule is CC(C)c1ccccc1NC(=O)c1nc(C(=O)NCCN(C)C)c2ccccn12. The molecule has 2 N–H and O–H groups in total. The molecule has 0 fully saturated rings. The minimum Gasteiger partial charge on any atom is -0.349 e. The molecule has 0 saturated heterocycles. The van der Waals surface area contributed by atoms with Crippen LogP contribution in [0.2, 0.25) is 0 Å². The van der Waals surface area contributed by atoms with E-state index in [-0.39, 0.29) is 29.3 Å². The van der Waals surface area contributed by atoms with Crippen LogP contribution in [-0.2, 0) is 0 Å². The molecular weight excluding hydrogens is 366 g/mol. The number of hydrogen-bond donors (Lipinski definition) is 2. The van der Waals surface area contributed by atoms with Gasteiger partial charge in [0.2, 0.25) is 5.82 Å². The summed E-state index contributed by atoms with van der Waals surface area (Å²) in [5.41, 5.74) is 2.63. The average Bonchev–Trinajstić information content (AvgIpc) is 3.08. The van der Waals surface area contributed by atoms with E-state index >= 15 is 0 Å². The zero-order valence-electron chi connectivity index (χ0n) is 17.3. The second-order valence-corrected chi connectivity index (χ2v) is 7.50. The van der Waals surface area contributed by atoms with E-state index in [4.69, 9.17) is 0 Å². The van der Waals surface area contributed by atoms with Gasteiger partial charge in [-0.25, -0.2) is 4.98 Å². The smallest absolute Gasteiger partial charge is 0.292 e. The third-order valence-electron chi connectivity index (χ3n) is 4.64. The number of amides is 2. The number of anilines is 1. The van der Waals surface area contributed by atoms with E-state index in [0.29, 0.717) is 12.1 Å². The van der Waals surface area contributed by atoms with Gasteiger partial charge in [-0.1, -0.05) is 38.1 Å². The summed E-state index contributed by atoms with van der Waals surface area (Å²) in [5, 5.41) is 5.81. The van der Waals surface area contributed by atoms with Crippen molar-refractivity contribution < 1.29 is 9.59 Å². The lowest BCUT2D eigenvalue weighted by Gasteiger charge is -2.13. The molecule has 0 aliphatic heterocycles. The fourth-order valence-corrected chi connectivity index (χ4v) is 3.13. The third kappa shape index (κ3) is 4.63. The lowest BCUT2D eigenvalue weighted by Crippen LogP contribution is -2.31. The van der Waals surface area contributed by atoms with E-state index in [0.717, 1.165) is 17.8 Å². The van der Waals surface area contributed by atoms with Crippen LogP contribution in [0.4, 0.5) is 5.69 Å². The highest BCUT2D eigenvalue weighted by molar-refractivity contribution is 6.06. The number of nitrogens with zero attached hydrogens (tertiary/aromatic N) is 3. The molecule has 29 heavy (non-hydrogen) atoms. The Morgan fingerprint density at radius 3 is 2.52 bits per heavy atom. The summed E-state index contributed by atoms with van der Waals surface area (Å²) in [6, 6.07) is 13.1. The molecule has 2 heterocycles. The molecule has 7 heteroatoms. The Bertz CT molecular complexity index is 1020. The fraction of sp³-hybridized carbons (Fsp3) is 0.318. The molecule has 0 aliphatic carbocycles. The first-order valence-corrected chi connectivity index (χ1v) is 9.68. The van der Waals surface area contributed by atoms with Gasteiger partial charge in [-0.3, -0.25) is 14.0 Å². The maximum atomic E-state index is 13.0. The summed E-state index contributed by atoms with van der Waals surface area (Å²) in [5.74, 6) is -0.206. The zero-order valence-corrected chi connectivity index (χ0v) is 17.3. The van der Waals surface area contributed by atoms with Crippen molar-refractivity contribution >= 4 is 23.0 Å². The van der Waals surface area contributed by atoms with Crippen LogP contribution in [0.1, 0.15) is 46.4 Å². The highest BCUT2D eigenvalue weighted by Crippen LogP contribution is 2.24. The van der Waals surface area contributed by atoms with Crippen molar-refractivity contribution in [1.29, 1.82) is 0 Å². The van der Waals surface area contributed by atoms with Crippen LogP contribution in [0.25, 0.3) is 5.52 Å². The number of fused-ring (bicyclic) bond motifs is 1. The van der Waals surface area contributed by atoms with E-state index in [1.807, 2.05) is 49.3 Å². The highest BCUT2D eigenvalue weighted by Gasteiger charge is 2.22. The van der Waals surface area contributed by atoms with Gasteiger partial charge in [0, 0.05) is 25.0 Å². The second-order valence-electron chi connectivity index (χ2n) is 7.50. The van der Waals surface area contributed by atoms with Gasteiger partial charge < -0.3 is 15.5 Å². The van der Waals surface area contributed by atoms with Crippen molar-refractivity contribution in [2.75, 3.05) is 32.5 Å². The Balaban J connectivity index is 1.90. The number of imidazole rings is 1.